The van der Waals surface area contributed by atoms with Crippen LogP contribution in [0.2, 0.25) is 0 Å². The van der Waals surface area contributed by atoms with Crippen molar-refractivity contribution in [2.45, 2.75) is 32.4 Å². The second kappa shape index (κ2) is 9.88. The van der Waals surface area contributed by atoms with Gasteiger partial charge in [0.1, 0.15) is 11.5 Å². The van der Waals surface area contributed by atoms with E-state index in [0.717, 1.165) is 44.0 Å². The fraction of sp³-hybridized carbons (Fsp3) is 0.409. The van der Waals surface area contributed by atoms with Crippen molar-refractivity contribution in [2.75, 3.05) is 31.6 Å². The minimum absolute atomic E-state index is 0.233. The summed E-state index contributed by atoms with van der Waals surface area (Å²) in [6.45, 7) is 5.29. The first kappa shape index (κ1) is 19.9. The van der Waals surface area contributed by atoms with Gasteiger partial charge in [0.05, 0.1) is 13.7 Å². The average molecular weight is 383 g/mol. The number of benzene rings is 2. The highest BCUT2D eigenvalue weighted by molar-refractivity contribution is 5.80. The summed E-state index contributed by atoms with van der Waals surface area (Å²) in [5.41, 5.74) is 2.03. The van der Waals surface area contributed by atoms with E-state index in [1.54, 1.807) is 19.2 Å². The summed E-state index contributed by atoms with van der Waals surface area (Å²) in [4.78, 5) is 7.08. The number of guanidine groups is 1. The van der Waals surface area contributed by atoms with Gasteiger partial charge in [-0.25, -0.2) is 4.99 Å². The van der Waals surface area contributed by atoms with E-state index < -0.39 is 0 Å². The molecule has 3 N–H and O–H groups in total. The molecule has 0 aliphatic carbocycles. The first-order valence-electron chi connectivity index (χ1n) is 9.90. The Balaban J connectivity index is 1.58. The number of methoxy groups -OCH3 is 1. The van der Waals surface area contributed by atoms with E-state index in [2.05, 4.69) is 57.8 Å². The van der Waals surface area contributed by atoms with Gasteiger partial charge in [-0.2, -0.15) is 0 Å². The van der Waals surface area contributed by atoms with Crippen LogP contribution in [0.4, 0.5) is 5.69 Å². The normalized spacial score (nSPS) is 15.4. The van der Waals surface area contributed by atoms with Crippen molar-refractivity contribution < 1.29 is 9.84 Å². The highest BCUT2D eigenvalue weighted by atomic mass is 16.5. The molecule has 1 heterocycles. The lowest BCUT2D eigenvalue weighted by atomic mass is 10.0. The minimum Gasteiger partial charge on any atom is -0.508 e. The average Bonchev–Trinajstić information content (AvgIpc) is 2.74. The lowest BCUT2D eigenvalue weighted by molar-refractivity contribution is 0.411. The zero-order chi connectivity index (χ0) is 19.8. The quantitative estimate of drug-likeness (QED) is 0.529. The number of aliphatic imine (C=N–C) groups is 1. The predicted molar refractivity (Wildman–Crippen MR) is 114 cm³/mol. The molecule has 0 amide bonds. The number of para-hydroxylation sites is 1. The van der Waals surface area contributed by atoms with Crippen LogP contribution in [0.1, 0.15) is 25.3 Å². The largest absolute Gasteiger partial charge is 0.508 e. The standard InChI is InChI=1S/C22H30N4O2/c1-3-23-22(24-16-17-15-20(28-2)9-10-21(17)27)25-18-11-13-26(14-12-18)19-7-5-4-6-8-19/h4-10,15,18,27H,3,11-14,16H2,1-2H3,(H2,23,24,25). The number of phenolic OH excluding ortho intramolecular Hbond substituents is 1. The second-order valence-electron chi connectivity index (χ2n) is 6.93. The van der Waals surface area contributed by atoms with E-state index in [1.807, 2.05) is 6.07 Å². The van der Waals surface area contributed by atoms with Crippen molar-refractivity contribution in [3.05, 3.63) is 54.1 Å². The number of aromatic hydroxyl groups is 1. The van der Waals surface area contributed by atoms with E-state index in [9.17, 15) is 5.11 Å². The highest BCUT2D eigenvalue weighted by Crippen LogP contribution is 2.23. The van der Waals surface area contributed by atoms with Crippen LogP contribution in [-0.2, 0) is 6.54 Å². The van der Waals surface area contributed by atoms with E-state index in [-0.39, 0.29) is 5.75 Å². The van der Waals surface area contributed by atoms with Crippen LogP contribution < -0.4 is 20.3 Å². The molecule has 0 bridgehead atoms. The molecule has 0 radical (unpaired) electrons. The monoisotopic (exact) mass is 382 g/mol. The van der Waals surface area contributed by atoms with Gasteiger partial charge in [0.25, 0.3) is 0 Å². The molecule has 3 rings (SSSR count). The van der Waals surface area contributed by atoms with Gasteiger partial charge < -0.3 is 25.4 Å². The number of hydrogen-bond acceptors (Lipinski definition) is 4. The predicted octanol–water partition coefficient (Wildman–Crippen LogP) is 3.12. The molecule has 2 aromatic rings. The van der Waals surface area contributed by atoms with Crippen molar-refractivity contribution in [1.29, 1.82) is 0 Å². The minimum atomic E-state index is 0.233. The van der Waals surface area contributed by atoms with Crippen LogP contribution in [0, 0.1) is 0 Å². The number of nitrogens with zero attached hydrogens (tertiary/aromatic N) is 2. The third kappa shape index (κ3) is 5.31. The third-order valence-corrected chi connectivity index (χ3v) is 5.00. The lowest BCUT2D eigenvalue weighted by Gasteiger charge is -2.34. The van der Waals surface area contributed by atoms with E-state index in [4.69, 9.17) is 4.74 Å². The molecule has 0 spiro atoms. The first-order chi connectivity index (χ1) is 13.7. The maximum atomic E-state index is 10.1. The van der Waals surface area contributed by atoms with Gasteiger partial charge in [0.2, 0.25) is 0 Å². The maximum absolute atomic E-state index is 10.1. The molecule has 1 aliphatic rings. The fourth-order valence-electron chi connectivity index (χ4n) is 3.41. The Morgan fingerprint density at radius 2 is 1.93 bits per heavy atom. The van der Waals surface area contributed by atoms with Crippen molar-refractivity contribution in [3.8, 4) is 11.5 Å². The van der Waals surface area contributed by atoms with Crippen LogP contribution in [0.25, 0.3) is 0 Å². The molecule has 6 heteroatoms. The molecule has 0 atom stereocenters. The van der Waals surface area contributed by atoms with Crippen LogP contribution in [0.5, 0.6) is 11.5 Å². The van der Waals surface area contributed by atoms with Gasteiger partial charge in [-0.1, -0.05) is 18.2 Å². The summed E-state index contributed by atoms with van der Waals surface area (Å²) in [7, 11) is 1.62. The zero-order valence-corrected chi connectivity index (χ0v) is 16.7. The number of anilines is 1. The Hall–Kier alpha value is -2.89. The summed E-state index contributed by atoms with van der Waals surface area (Å²) in [6, 6.07) is 16.2. The Kier molecular flexibility index (Phi) is 7.00. The van der Waals surface area contributed by atoms with Gasteiger partial charge in [-0.15, -0.1) is 0 Å². The Morgan fingerprint density at radius 3 is 2.61 bits per heavy atom. The fourth-order valence-corrected chi connectivity index (χ4v) is 3.41. The van der Waals surface area contributed by atoms with Gasteiger partial charge in [0, 0.05) is 36.9 Å². The van der Waals surface area contributed by atoms with Crippen LogP contribution in [0.15, 0.2) is 53.5 Å². The molecule has 0 saturated carbocycles. The molecule has 1 saturated heterocycles. The molecule has 0 aromatic heterocycles. The summed E-state index contributed by atoms with van der Waals surface area (Å²) >= 11 is 0. The molecule has 28 heavy (non-hydrogen) atoms. The topological polar surface area (TPSA) is 69.1 Å². The highest BCUT2D eigenvalue weighted by Gasteiger charge is 2.20. The zero-order valence-electron chi connectivity index (χ0n) is 16.7. The SMILES string of the molecule is CCNC(=NCc1cc(OC)ccc1O)NC1CCN(c2ccccc2)CC1. The Bertz CT molecular complexity index is 771. The van der Waals surface area contributed by atoms with Crippen LogP contribution in [0.3, 0.4) is 0 Å². The van der Waals surface area contributed by atoms with Crippen molar-refractivity contribution >= 4 is 11.6 Å². The van der Waals surface area contributed by atoms with E-state index in [0.29, 0.717) is 18.3 Å². The molecule has 1 aliphatic heterocycles. The van der Waals surface area contributed by atoms with E-state index >= 15 is 0 Å². The number of piperidine rings is 1. The van der Waals surface area contributed by atoms with Crippen LogP contribution in [-0.4, -0.2) is 43.9 Å². The summed E-state index contributed by atoms with van der Waals surface area (Å²) in [5.74, 6) is 1.73. The Morgan fingerprint density at radius 1 is 1.18 bits per heavy atom. The van der Waals surface area contributed by atoms with Crippen molar-refractivity contribution in [1.82, 2.24) is 10.6 Å². The van der Waals surface area contributed by atoms with Crippen LogP contribution >= 0.6 is 0 Å². The molecule has 1 fully saturated rings. The summed E-state index contributed by atoms with van der Waals surface area (Å²) < 4.78 is 5.24. The number of ether oxygens (including phenoxy) is 1. The van der Waals surface area contributed by atoms with Crippen molar-refractivity contribution in [3.63, 3.8) is 0 Å². The van der Waals surface area contributed by atoms with Crippen molar-refractivity contribution in [2.24, 2.45) is 4.99 Å². The smallest absolute Gasteiger partial charge is 0.191 e. The number of nitrogens with one attached hydrogen (secondary N) is 2. The molecular weight excluding hydrogens is 352 g/mol. The number of hydrogen-bond donors (Lipinski definition) is 3. The summed E-state index contributed by atoms with van der Waals surface area (Å²) in [6.07, 6.45) is 2.12. The molecule has 150 valence electrons. The number of phenols is 1. The molecule has 0 unspecified atom stereocenters. The van der Waals surface area contributed by atoms with Gasteiger partial charge in [-0.05, 0) is 50.1 Å². The van der Waals surface area contributed by atoms with Gasteiger partial charge in [0.15, 0.2) is 5.96 Å². The molecule has 6 nitrogen and oxygen atoms in total. The second-order valence-corrected chi connectivity index (χ2v) is 6.93. The third-order valence-electron chi connectivity index (χ3n) is 5.00. The summed E-state index contributed by atoms with van der Waals surface area (Å²) in [5, 5.41) is 16.9. The number of rotatable bonds is 6. The van der Waals surface area contributed by atoms with Gasteiger partial charge in [-0.3, -0.25) is 0 Å². The first-order valence-corrected chi connectivity index (χ1v) is 9.90. The lowest BCUT2D eigenvalue weighted by Crippen LogP contribution is -2.48. The Labute approximate surface area is 167 Å². The molecule has 2 aromatic carbocycles. The van der Waals surface area contributed by atoms with Gasteiger partial charge >= 0.3 is 0 Å². The maximum Gasteiger partial charge on any atom is 0.191 e. The van der Waals surface area contributed by atoms with E-state index in [1.165, 1.54) is 5.69 Å². The molecular formula is C22H30N4O2.